The van der Waals surface area contributed by atoms with Gasteiger partial charge in [-0.25, -0.2) is 0 Å². The summed E-state index contributed by atoms with van der Waals surface area (Å²) < 4.78 is 17.2. The van der Waals surface area contributed by atoms with Crippen molar-refractivity contribution in [1.29, 1.82) is 0 Å². The van der Waals surface area contributed by atoms with Gasteiger partial charge in [-0.3, -0.25) is 0 Å². The third-order valence-corrected chi connectivity index (χ3v) is 3.97. The smallest absolute Gasteiger partial charge is 0.158 e. The summed E-state index contributed by atoms with van der Waals surface area (Å²) in [5.41, 5.74) is 2.12. The molecule has 122 valence electrons. The molecule has 0 aliphatic carbocycles. The highest BCUT2D eigenvalue weighted by Gasteiger charge is 2.14. The van der Waals surface area contributed by atoms with E-state index < -0.39 is 0 Å². The third kappa shape index (κ3) is 5.24. The van der Waals surface area contributed by atoms with E-state index in [0.717, 1.165) is 42.7 Å². The first-order valence-electron chi connectivity index (χ1n) is 7.99. The Balaban J connectivity index is 1.57. The molecule has 2 aromatic carbocycles. The molecule has 0 aromatic heterocycles. The highest BCUT2D eigenvalue weighted by atomic mass is 35.5. The van der Waals surface area contributed by atoms with E-state index in [-0.39, 0.29) is 6.29 Å². The lowest BCUT2D eigenvalue weighted by Crippen LogP contribution is -2.22. The molecule has 1 aliphatic rings. The van der Waals surface area contributed by atoms with Crippen molar-refractivity contribution in [2.45, 2.75) is 38.8 Å². The average Bonchev–Trinajstić information content (AvgIpc) is 2.60. The SMILES string of the molecule is Clc1cc(COC2CCCCO2)cc(OCc2ccccc2)c1. The van der Waals surface area contributed by atoms with Crippen LogP contribution in [0.5, 0.6) is 5.75 Å². The zero-order chi connectivity index (χ0) is 15.9. The van der Waals surface area contributed by atoms with Gasteiger partial charge in [-0.1, -0.05) is 41.9 Å². The molecule has 1 aliphatic heterocycles. The van der Waals surface area contributed by atoms with Crippen LogP contribution in [-0.2, 0) is 22.7 Å². The van der Waals surface area contributed by atoms with Gasteiger partial charge in [0.05, 0.1) is 6.61 Å². The van der Waals surface area contributed by atoms with Gasteiger partial charge in [0.2, 0.25) is 0 Å². The lowest BCUT2D eigenvalue weighted by Gasteiger charge is -2.22. The minimum atomic E-state index is -0.101. The molecular formula is C19H21ClO3. The first-order chi connectivity index (χ1) is 11.3. The number of ether oxygens (including phenoxy) is 3. The molecule has 2 aromatic rings. The summed E-state index contributed by atoms with van der Waals surface area (Å²) in [4.78, 5) is 0. The molecule has 1 fully saturated rings. The monoisotopic (exact) mass is 332 g/mol. The van der Waals surface area contributed by atoms with E-state index in [2.05, 4.69) is 0 Å². The van der Waals surface area contributed by atoms with E-state index in [9.17, 15) is 0 Å². The van der Waals surface area contributed by atoms with Crippen molar-refractivity contribution in [3.63, 3.8) is 0 Å². The molecule has 0 N–H and O–H groups in total. The fourth-order valence-corrected chi connectivity index (χ4v) is 2.81. The highest BCUT2D eigenvalue weighted by Crippen LogP contribution is 2.24. The van der Waals surface area contributed by atoms with Crippen molar-refractivity contribution in [3.8, 4) is 5.75 Å². The van der Waals surface area contributed by atoms with E-state index in [1.165, 1.54) is 0 Å². The third-order valence-electron chi connectivity index (χ3n) is 3.75. The summed E-state index contributed by atoms with van der Waals surface area (Å²) in [6.45, 7) is 1.78. The molecule has 0 spiro atoms. The maximum Gasteiger partial charge on any atom is 0.158 e. The maximum atomic E-state index is 6.19. The van der Waals surface area contributed by atoms with Crippen LogP contribution in [0.25, 0.3) is 0 Å². The highest BCUT2D eigenvalue weighted by molar-refractivity contribution is 6.30. The Labute approximate surface area is 142 Å². The normalized spacial score (nSPS) is 17.9. The van der Waals surface area contributed by atoms with E-state index in [1.54, 1.807) is 0 Å². The van der Waals surface area contributed by atoms with E-state index in [1.807, 2.05) is 48.5 Å². The number of rotatable bonds is 6. The second-order valence-electron chi connectivity index (χ2n) is 5.68. The van der Waals surface area contributed by atoms with Crippen LogP contribution in [0.3, 0.4) is 0 Å². The minimum absolute atomic E-state index is 0.101. The largest absolute Gasteiger partial charge is 0.489 e. The van der Waals surface area contributed by atoms with Crippen LogP contribution >= 0.6 is 11.6 Å². The van der Waals surface area contributed by atoms with Crippen molar-refractivity contribution in [3.05, 3.63) is 64.7 Å². The lowest BCUT2D eigenvalue weighted by atomic mass is 10.2. The Morgan fingerprint density at radius 3 is 2.65 bits per heavy atom. The van der Waals surface area contributed by atoms with Gasteiger partial charge in [0.25, 0.3) is 0 Å². The molecule has 0 bridgehead atoms. The summed E-state index contributed by atoms with van der Waals surface area (Å²) in [5, 5.41) is 0.652. The van der Waals surface area contributed by atoms with Crippen molar-refractivity contribution < 1.29 is 14.2 Å². The Kier molecular flexibility index (Phi) is 5.92. The molecule has 23 heavy (non-hydrogen) atoms. The zero-order valence-electron chi connectivity index (χ0n) is 13.0. The minimum Gasteiger partial charge on any atom is -0.489 e. The van der Waals surface area contributed by atoms with E-state index >= 15 is 0 Å². The second kappa shape index (κ2) is 8.34. The second-order valence-corrected chi connectivity index (χ2v) is 6.11. The van der Waals surface area contributed by atoms with Crippen molar-refractivity contribution in [2.75, 3.05) is 6.61 Å². The van der Waals surface area contributed by atoms with Crippen molar-refractivity contribution in [2.24, 2.45) is 0 Å². The van der Waals surface area contributed by atoms with E-state index in [0.29, 0.717) is 18.2 Å². The zero-order valence-corrected chi connectivity index (χ0v) is 13.8. The number of benzene rings is 2. The van der Waals surface area contributed by atoms with Crippen LogP contribution in [-0.4, -0.2) is 12.9 Å². The van der Waals surface area contributed by atoms with Crippen LogP contribution in [0.4, 0.5) is 0 Å². The Hall–Kier alpha value is -1.55. The lowest BCUT2D eigenvalue weighted by molar-refractivity contribution is -0.168. The maximum absolute atomic E-state index is 6.19. The van der Waals surface area contributed by atoms with Crippen LogP contribution in [0.15, 0.2) is 48.5 Å². The van der Waals surface area contributed by atoms with Crippen LogP contribution < -0.4 is 4.74 Å². The molecule has 1 atom stereocenters. The predicted molar refractivity (Wildman–Crippen MR) is 90.6 cm³/mol. The molecular weight excluding hydrogens is 312 g/mol. The molecule has 0 amide bonds. The van der Waals surface area contributed by atoms with Gasteiger partial charge in [-0.2, -0.15) is 0 Å². The molecule has 1 heterocycles. The van der Waals surface area contributed by atoms with Gasteiger partial charge in [0.15, 0.2) is 6.29 Å². The molecule has 1 saturated heterocycles. The van der Waals surface area contributed by atoms with Gasteiger partial charge in [-0.05, 0) is 48.6 Å². The van der Waals surface area contributed by atoms with Crippen LogP contribution in [0.1, 0.15) is 30.4 Å². The topological polar surface area (TPSA) is 27.7 Å². The van der Waals surface area contributed by atoms with Gasteiger partial charge in [0.1, 0.15) is 12.4 Å². The van der Waals surface area contributed by atoms with Crippen molar-refractivity contribution >= 4 is 11.6 Å². The first kappa shape index (κ1) is 16.3. The fraction of sp³-hybridized carbons (Fsp3) is 0.368. The molecule has 3 rings (SSSR count). The molecule has 3 nitrogen and oxygen atoms in total. The first-order valence-corrected chi connectivity index (χ1v) is 8.37. The number of halogens is 1. The summed E-state index contributed by atoms with van der Waals surface area (Å²) in [7, 11) is 0. The van der Waals surface area contributed by atoms with Gasteiger partial charge in [-0.15, -0.1) is 0 Å². The van der Waals surface area contributed by atoms with Crippen LogP contribution in [0.2, 0.25) is 5.02 Å². The summed E-state index contributed by atoms with van der Waals surface area (Å²) in [5.74, 6) is 0.754. The number of hydrogen-bond donors (Lipinski definition) is 0. The average molecular weight is 333 g/mol. The predicted octanol–water partition coefficient (Wildman–Crippen LogP) is 4.96. The Morgan fingerprint density at radius 2 is 1.87 bits per heavy atom. The standard InChI is InChI=1S/C19H21ClO3/c20-17-10-16(14-23-19-8-4-5-9-21-19)11-18(12-17)22-13-15-6-2-1-3-7-15/h1-3,6-7,10-12,19H,4-5,8-9,13-14H2. The van der Waals surface area contributed by atoms with Gasteiger partial charge >= 0.3 is 0 Å². The van der Waals surface area contributed by atoms with Crippen molar-refractivity contribution in [1.82, 2.24) is 0 Å². The Morgan fingerprint density at radius 1 is 1.00 bits per heavy atom. The molecule has 0 radical (unpaired) electrons. The van der Waals surface area contributed by atoms with Crippen LogP contribution in [0, 0.1) is 0 Å². The summed E-state index contributed by atoms with van der Waals surface area (Å²) in [6.07, 6.45) is 3.13. The summed E-state index contributed by atoms with van der Waals surface area (Å²) in [6, 6.07) is 15.8. The quantitative estimate of drug-likeness (QED) is 0.748. The molecule has 0 saturated carbocycles. The Bertz CT molecular complexity index is 609. The molecule has 4 heteroatoms. The van der Waals surface area contributed by atoms with Gasteiger partial charge < -0.3 is 14.2 Å². The van der Waals surface area contributed by atoms with Gasteiger partial charge in [0, 0.05) is 11.6 Å². The number of hydrogen-bond acceptors (Lipinski definition) is 3. The van der Waals surface area contributed by atoms with E-state index in [4.69, 9.17) is 25.8 Å². The summed E-state index contributed by atoms with van der Waals surface area (Å²) >= 11 is 6.19. The fourth-order valence-electron chi connectivity index (χ4n) is 2.56. The molecule has 1 unspecified atom stereocenters.